The first-order chi connectivity index (χ1) is 12.2. The third-order valence-corrected chi connectivity index (χ3v) is 4.59. The number of likely N-dealkylation sites (tertiary alicyclic amines) is 1. The van der Waals surface area contributed by atoms with Crippen molar-refractivity contribution in [1.29, 1.82) is 0 Å². The highest BCUT2D eigenvalue weighted by molar-refractivity contribution is 5.78. The average molecular weight is 362 g/mol. The summed E-state index contributed by atoms with van der Waals surface area (Å²) in [6, 6.07) is 6.09. The van der Waals surface area contributed by atoms with Crippen LogP contribution in [-0.4, -0.2) is 49.7 Å². The molecule has 1 saturated heterocycles. The van der Waals surface area contributed by atoms with E-state index in [1.807, 2.05) is 19.1 Å². The van der Waals surface area contributed by atoms with Crippen LogP contribution in [-0.2, 0) is 14.9 Å². The van der Waals surface area contributed by atoms with Crippen LogP contribution in [0.3, 0.4) is 0 Å². The van der Waals surface area contributed by atoms with Crippen molar-refractivity contribution in [2.75, 3.05) is 26.8 Å². The molecule has 1 aliphatic rings. The standard InChI is InChI=1S/C20H30N2O4/c1-14-6-7-17(16(12-14)20(2,3)4)26-13-18(23)21-15-8-10-22(11-9-15)19(24)25-5/h6-7,12,15H,8-11,13H2,1-5H3,(H,21,23). The van der Waals surface area contributed by atoms with Gasteiger partial charge in [-0.3, -0.25) is 4.79 Å². The molecule has 6 heteroatoms. The molecule has 2 rings (SSSR count). The van der Waals surface area contributed by atoms with E-state index in [2.05, 4.69) is 32.2 Å². The van der Waals surface area contributed by atoms with Gasteiger partial charge in [-0.2, -0.15) is 0 Å². The normalized spacial score (nSPS) is 15.5. The molecule has 0 aromatic heterocycles. The van der Waals surface area contributed by atoms with E-state index in [0.29, 0.717) is 13.1 Å². The summed E-state index contributed by atoms with van der Waals surface area (Å²) in [5.41, 5.74) is 2.21. The van der Waals surface area contributed by atoms with Crippen molar-refractivity contribution in [3.8, 4) is 5.75 Å². The van der Waals surface area contributed by atoms with Gasteiger partial charge in [-0.1, -0.05) is 38.5 Å². The zero-order valence-corrected chi connectivity index (χ0v) is 16.4. The summed E-state index contributed by atoms with van der Waals surface area (Å²) in [6.07, 6.45) is 1.13. The van der Waals surface area contributed by atoms with E-state index in [4.69, 9.17) is 9.47 Å². The Morgan fingerprint density at radius 3 is 2.46 bits per heavy atom. The lowest BCUT2D eigenvalue weighted by molar-refractivity contribution is -0.124. The zero-order chi connectivity index (χ0) is 19.3. The van der Waals surface area contributed by atoms with Gasteiger partial charge in [0.25, 0.3) is 5.91 Å². The molecule has 1 aromatic carbocycles. The first kappa shape index (κ1) is 20.1. The van der Waals surface area contributed by atoms with Gasteiger partial charge < -0.3 is 19.7 Å². The SMILES string of the molecule is COC(=O)N1CCC(NC(=O)COc2ccc(C)cc2C(C)(C)C)CC1. The minimum atomic E-state index is -0.313. The lowest BCUT2D eigenvalue weighted by atomic mass is 9.85. The molecular weight excluding hydrogens is 332 g/mol. The molecule has 26 heavy (non-hydrogen) atoms. The molecule has 1 heterocycles. The van der Waals surface area contributed by atoms with Crippen LogP contribution < -0.4 is 10.1 Å². The number of carbonyl (C=O) groups excluding carboxylic acids is 2. The Bertz CT molecular complexity index is 644. The summed E-state index contributed by atoms with van der Waals surface area (Å²) >= 11 is 0. The first-order valence-corrected chi connectivity index (χ1v) is 9.07. The second kappa shape index (κ2) is 8.43. The van der Waals surface area contributed by atoms with Crippen LogP contribution >= 0.6 is 0 Å². The van der Waals surface area contributed by atoms with Gasteiger partial charge >= 0.3 is 6.09 Å². The minimum Gasteiger partial charge on any atom is -0.483 e. The lowest BCUT2D eigenvalue weighted by Gasteiger charge is -2.31. The van der Waals surface area contributed by atoms with Crippen molar-refractivity contribution < 1.29 is 19.1 Å². The van der Waals surface area contributed by atoms with E-state index in [0.717, 1.165) is 24.2 Å². The number of nitrogens with one attached hydrogen (secondary N) is 1. The molecular formula is C20H30N2O4. The van der Waals surface area contributed by atoms with Crippen LogP contribution in [0.15, 0.2) is 18.2 Å². The van der Waals surface area contributed by atoms with E-state index >= 15 is 0 Å². The summed E-state index contributed by atoms with van der Waals surface area (Å²) < 4.78 is 10.5. The minimum absolute atomic E-state index is 0.0106. The average Bonchev–Trinajstić information content (AvgIpc) is 2.60. The molecule has 0 atom stereocenters. The molecule has 1 fully saturated rings. The Hall–Kier alpha value is -2.24. The van der Waals surface area contributed by atoms with E-state index in [1.165, 1.54) is 12.7 Å². The van der Waals surface area contributed by atoms with E-state index in [9.17, 15) is 9.59 Å². The number of nitrogens with zero attached hydrogens (tertiary/aromatic N) is 1. The number of aryl methyl sites for hydroxylation is 1. The van der Waals surface area contributed by atoms with Gasteiger partial charge in [-0.05, 0) is 36.8 Å². The van der Waals surface area contributed by atoms with Gasteiger partial charge in [0.2, 0.25) is 0 Å². The van der Waals surface area contributed by atoms with Gasteiger partial charge in [0.05, 0.1) is 7.11 Å². The monoisotopic (exact) mass is 362 g/mol. The van der Waals surface area contributed by atoms with Gasteiger partial charge in [-0.15, -0.1) is 0 Å². The Morgan fingerprint density at radius 1 is 1.23 bits per heavy atom. The van der Waals surface area contributed by atoms with Crippen molar-refractivity contribution in [3.05, 3.63) is 29.3 Å². The first-order valence-electron chi connectivity index (χ1n) is 9.07. The zero-order valence-electron chi connectivity index (χ0n) is 16.4. The van der Waals surface area contributed by atoms with E-state index < -0.39 is 0 Å². The number of benzene rings is 1. The third-order valence-electron chi connectivity index (χ3n) is 4.59. The summed E-state index contributed by atoms with van der Waals surface area (Å²) in [4.78, 5) is 25.4. The van der Waals surface area contributed by atoms with Gasteiger partial charge in [-0.25, -0.2) is 4.79 Å². The Kier molecular flexibility index (Phi) is 6.51. The van der Waals surface area contributed by atoms with Gasteiger partial charge in [0.1, 0.15) is 5.75 Å². The van der Waals surface area contributed by atoms with Crippen molar-refractivity contribution in [1.82, 2.24) is 10.2 Å². The van der Waals surface area contributed by atoms with Crippen LogP contribution in [0.1, 0.15) is 44.7 Å². The maximum Gasteiger partial charge on any atom is 0.409 e. The number of hydrogen-bond acceptors (Lipinski definition) is 4. The topological polar surface area (TPSA) is 67.9 Å². The molecule has 0 aliphatic carbocycles. The number of piperidine rings is 1. The van der Waals surface area contributed by atoms with Crippen molar-refractivity contribution >= 4 is 12.0 Å². The summed E-state index contributed by atoms with van der Waals surface area (Å²) in [5.74, 6) is 0.612. The highest BCUT2D eigenvalue weighted by atomic mass is 16.5. The number of ether oxygens (including phenoxy) is 2. The van der Waals surface area contributed by atoms with Crippen LogP contribution in [0.2, 0.25) is 0 Å². The highest BCUT2D eigenvalue weighted by Gasteiger charge is 2.25. The van der Waals surface area contributed by atoms with E-state index in [-0.39, 0.29) is 30.1 Å². The second-order valence-corrected chi connectivity index (χ2v) is 7.84. The number of methoxy groups -OCH3 is 1. The molecule has 0 saturated carbocycles. The number of rotatable bonds is 4. The maximum absolute atomic E-state index is 12.2. The molecule has 0 unspecified atom stereocenters. The molecule has 1 N–H and O–H groups in total. The van der Waals surface area contributed by atoms with Gasteiger partial charge in [0, 0.05) is 19.1 Å². The molecule has 0 radical (unpaired) electrons. The largest absolute Gasteiger partial charge is 0.483 e. The molecule has 0 spiro atoms. The summed E-state index contributed by atoms with van der Waals surface area (Å²) in [6.45, 7) is 9.60. The van der Waals surface area contributed by atoms with E-state index in [1.54, 1.807) is 4.90 Å². The van der Waals surface area contributed by atoms with Gasteiger partial charge in [0.15, 0.2) is 6.61 Å². The molecule has 2 amide bonds. The maximum atomic E-state index is 12.2. The smallest absolute Gasteiger partial charge is 0.409 e. The Morgan fingerprint density at radius 2 is 1.88 bits per heavy atom. The number of amides is 2. The molecule has 0 bridgehead atoms. The van der Waals surface area contributed by atoms with Crippen LogP contribution in [0.5, 0.6) is 5.75 Å². The van der Waals surface area contributed by atoms with Crippen molar-refractivity contribution in [2.45, 2.75) is 52.0 Å². The van der Waals surface area contributed by atoms with Crippen LogP contribution in [0, 0.1) is 6.92 Å². The van der Waals surface area contributed by atoms with Crippen LogP contribution in [0.25, 0.3) is 0 Å². The molecule has 6 nitrogen and oxygen atoms in total. The molecule has 1 aromatic rings. The Balaban J connectivity index is 1.86. The van der Waals surface area contributed by atoms with Crippen LogP contribution in [0.4, 0.5) is 4.79 Å². The predicted octanol–water partition coefficient (Wildman–Crippen LogP) is 3.02. The molecule has 1 aliphatic heterocycles. The predicted molar refractivity (Wildman–Crippen MR) is 101 cm³/mol. The van der Waals surface area contributed by atoms with Crippen molar-refractivity contribution in [3.63, 3.8) is 0 Å². The lowest BCUT2D eigenvalue weighted by Crippen LogP contribution is -2.47. The number of hydrogen-bond donors (Lipinski definition) is 1. The summed E-state index contributed by atoms with van der Waals surface area (Å²) in [7, 11) is 1.38. The highest BCUT2D eigenvalue weighted by Crippen LogP contribution is 2.32. The fraction of sp³-hybridized carbons (Fsp3) is 0.600. The third kappa shape index (κ3) is 5.38. The second-order valence-electron chi connectivity index (χ2n) is 7.84. The quantitative estimate of drug-likeness (QED) is 0.894. The Labute approximate surface area is 155 Å². The fourth-order valence-electron chi connectivity index (χ4n) is 3.10. The fourth-order valence-corrected chi connectivity index (χ4v) is 3.10. The molecule has 144 valence electrons. The summed E-state index contributed by atoms with van der Waals surface area (Å²) in [5, 5.41) is 2.99. The number of carbonyl (C=O) groups is 2. The van der Waals surface area contributed by atoms with Crippen molar-refractivity contribution in [2.24, 2.45) is 0 Å².